The van der Waals surface area contributed by atoms with E-state index < -0.39 is 0 Å². The predicted molar refractivity (Wildman–Crippen MR) is 73.1 cm³/mol. The van der Waals surface area contributed by atoms with Crippen molar-refractivity contribution in [1.82, 2.24) is 14.9 Å². The van der Waals surface area contributed by atoms with Crippen molar-refractivity contribution in [3.8, 4) is 0 Å². The van der Waals surface area contributed by atoms with Gasteiger partial charge in [0.2, 0.25) is 0 Å². The largest absolute Gasteiger partial charge is 0.333 e. The molecule has 0 aromatic carbocycles. The van der Waals surface area contributed by atoms with Crippen LogP contribution < -0.4 is 5.32 Å². The van der Waals surface area contributed by atoms with Crippen LogP contribution in [0.2, 0.25) is 0 Å². The monoisotopic (exact) mass is 237 g/mol. The van der Waals surface area contributed by atoms with Crippen molar-refractivity contribution >= 4 is 0 Å². The van der Waals surface area contributed by atoms with Crippen molar-refractivity contribution in [2.75, 3.05) is 6.54 Å². The fourth-order valence-electron chi connectivity index (χ4n) is 2.09. The molecule has 0 saturated heterocycles. The van der Waals surface area contributed by atoms with Crippen LogP contribution in [0.3, 0.4) is 0 Å². The number of hydrogen-bond donors (Lipinski definition) is 1. The zero-order chi connectivity index (χ0) is 12.7. The van der Waals surface area contributed by atoms with E-state index in [2.05, 4.69) is 48.8 Å². The van der Waals surface area contributed by atoms with E-state index in [1.807, 2.05) is 6.20 Å². The van der Waals surface area contributed by atoms with Gasteiger partial charge in [0.25, 0.3) is 0 Å². The van der Waals surface area contributed by atoms with Gasteiger partial charge >= 0.3 is 0 Å². The van der Waals surface area contributed by atoms with Crippen LogP contribution in [0.4, 0.5) is 0 Å². The number of nitrogens with zero attached hydrogens (tertiary/aromatic N) is 2. The van der Waals surface area contributed by atoms with Crippen LogP contribution in [0.25, 0.3) is 0 Å². The first-order valence-electron chi connectivity index (χ1n) is 6.96. The van der Waals surface area contributed by atoms with Gasteiger partial charge in [0.1, 0.15) is 5.82 Å². The normalized spacial score (nSPS) is 14.8. The summed E-state index contributed by atoms with van der Waals surface area (Å²) in [4.78, 5) is 4.39. The molecule has 0 aliphatic heterocycles. The topological polar surface area (TPSA) is 29.9 Å². The highest BCUT2D eigenvalue weighted by atomic mass is 15.1. The molecule has 2 unspecified atom stereocenters. The van der Waals surface area contributed by atoms with E-state index >= 15 is 0 Å². The SMILES string of the molecule is CCCNC(Cn1ccnc1CC)C(C)CC. The maximum Gasteiger partial charge on any atom is 0.108 e. The molecule has 1 rings (SSSR count). The van der Waals surface area contributed by atoms with Crippen LogP contribution in [0.15, 0.2) is 12.4 Å². The minimum Gasteiger partial charge on any atom is -0.333 e. The van der Waals surface area contributed by atoms with Crippen molar-refractivity contribution in [1.29, 1.82) is 0 Å². The van der Waals surface area contributed by atoms with Gasteiger partial charge < -0.3 is 9.88 Å². The Kier molecular flexibility index (Phi) is 6.27. The zero-order valence-corrected chi connectivity index (χ0v) is 11.7. The van der Waals surface area contributed by atoms with Crippen LogP contribution >= 0.6 is 0 Å². The Bertz CT molecular complexity index is 306. The second kappa shape index (κ2) is 7.49. The van der Waals surface area contributed by atoms with Crippen molar-refractivity contribution < 1.29 is 0 Å². The van der Waals surface area contributed by atoms with Crippen molar-refractivity contribution in [3.05, 3.63) is 18.2 Å². The lowest BCUT2D eigenvalue weighted by molar-refractivity contribution is 0.327. The highest BCUT2D eigenvalue weighted by Gasteiger charge is 2.16. The van der Waals surface area contributed by atoms with E-state index in [0.717, 1.165) is 19.5 Å². The number of aromatic nitrogens is 2. The average Bonchev–Trinajstić information content (AvgIpc) is 2.80. The molecule has 3 heteroatoms. The molecule has 98 valence electrons. The first-order chi connectivity index (χ1) is 8.22. The Balaban J connectivity index is 2.64. The molecule has 0 aliphatic carbocycles. The Morgan fingerprint density at radius 2 is 2.12 bits per heavy atom. The summed E-state index contributed by atoms with van der Waals surface area (Å²) in [5.74, 6) is 1.89. The molecule has 1 heterocycles. The molecule has 1 aromatic heterocycles. The van der Waals surface area contributed by atoms with E-state index in [9.17, 15) is 0 Å². The Hall–Kier alpha value is -0.830. The molecule has 0 bridgehead atoms. The van der Waals surface area contributed by atoms with E-state index in [0.29, 0.717) is 12.0 Å². The molecule has 0 saturated carbocycles. The third kappa shape index (κ3) is 4.15. The van der Waals surface area contributed by atoms with Crippen LogP contribution in [0, 0.1) is 5.92 Å². The van der Waals surface area contributed by atoms with E-state index in [1.54, 1.807) is 0 Å². The van der Waals surface area contributed by atoms with Crippen molar-refractivity contribution in [3.63, 3.8) is 0 Å². The minimum absolute atomic E-state index is 0.555. The fraction of sp³-hybridized carbons (Fsp3) is 0.786. The zero-order valence-electron chi connectivity index (χ0n) is 11.7. The number of imidazole rings is 1. The molecule has 0 spiro atoms. The highest BCUT2D eigenvalue weighted by molar-refractivity contribution is 4.93. The van der Waals surface area contributed by atoms with Gasteiger partial charge in [0.05, 0.1) is 0 Å². The lowest BCUT2D eigenvalue weighted by Crippen LogP contribution is -2.39. The maximum absolute atomic E-state index is 4.39. The summed E-state index contributed by atoms with van der Waals surface area (Å²) in [7, 11) is 0. The fourth-order valence-corrected chi connectivity index (χ4v) is 2.09. The first-order valence-corrected chi connectivity index (χ1v) is 6.96. The van der Waals surface area contributed by atoms with Gasteiger partial charge in [-0.25, -0.2) is 4.98 Å². The van der Waals surface area contributed by atoms with Gasteiger partial charge in [0, 0.05) is 31.4 Å². The lowest BCUT2D eigenvalue weighted by Gasteiger charge is -2.25. The summed E-state index contributed by atoms with van der Waals surface area (Å²) in [6.07, 6.45) is 7.43. The summed E-state index contributed by atoms with van der Waals surface area (Å²) in [6, 6.07) is 0.555. The molecular weight excluding hydrogens is 210 g/mol. The number of hydrogen-bond acceptors (Lipinski definition) is 2. The molecular formula is C14H27N3. The second-order valence-corrected chi connectivity index (χ2v) is 4.80. The number of rotatable bonds is 8. The third-order valence-corrected chi connectivity index (χ3v) is 3.50. The minimum atomic E-state index is 0.555. The summed E-state index contributed by atoms with van der Waals surface area (Å²) in [5, 5.41) is 3.66. The summed E-state index contributed by atoms with van der Waals surface area (Å²) in [6.45, 7) is 11.1. The lowest BCUT2D eigenvalue weighted by atomic mass is 9.99. The van der Waals surface area contributed by atoms with Crippen molar-refractivity contribution in [2.24, 2.45) is 5.92 Å². The smallest absolute Gasteiger partial charge is 0.108 e. The summed E-state index contributed by atoms with van der Waals surface area (Å²) in [5.41, 5.74) is 0. The van der Waals surface area contributed by atoms with Gasteiger partial charge in [-0.3, -0.25) is 0 Å². The van der Waals surface area contributed by atoms with Gasteiger partial charge in [0.15, 0.2) is 0 Å². The Morgan fingerprint density at radius 3 is 2.71 bits per heavy atom. The number of aryl methyl sites for hydroxylation is 1. The molecule has 0 radical (unpaired) electrons. The molecule has 0 fully saturated rings. The molecule has 0 amide bonds. The predicted octanol–water partition coefficient (Wildman–Crippen LogP) is 2.86. The van der Waals surface area contributed by atoms with Gasteiger partial charge in [-0.2, -0.15) is 0 Å². The molecule has 1 aromatic rings. The molecule has 1 N–H and O–H groups in total. The van der Waals surface area contributed by atoms with Crippen LogP contribution in [0.1, 0.15) is 46.4 Å². The number of nitrogens with one attached hydrogen (secondary N) is 1. The van der Waals surface area contributed by atoms with Gasteiger partial charge in [-0.1, -0.05) is 34.1 Å². The van der Waals surface area contributed by atoms with E-state index in [4.69, 9.17) is 0 Å². The highest BCUT2D eigenvalue weighted by Crippen LogP contribution is 2.11. The van der Waals surface area contributed by atoms with Gasteiger partial charge in [-0.05, 0) is 18.9 Å². The quantitative estimate of drug-likeness (QED) is 0.753. The summed E-state index contributed by atoms with van der Waals surface area (Å²) >= 11 is 0. The average molecular weight is 237 g/mol. The first kappa shape index (κ1) is 14.2. The molecule has 17 heavy (non-hydrogen) atoms. The van der Waals surface area contributed by atoms with Gasteiger partial charge in [-0.15, -0.1) is 0 Å². The van der Waals surface area contributed by atoms with E-state index in [1.165, 1.54) is 18.7 Å². The molecule has 3 nitrogen and oxygen atoms in total. The molecule has 2 atom stereocenters. The Morgan fingerprint density at radius 1 is 1.35 bits per heavy atom. The van der Waals surface area contributed by atoms with E-state index in [-0.39, 0.29) is 0 Å². The van der Waals surface area contributed by atoms with Crippen LogP contribution in [-0.4, -0.2) is 22.1 Å². The molecule has 0 aliphatic rings. The summed E-state index contributed by atoms with van der Waals surface area (Å²) < 4.78 is 2.29. The maximum atomic E-state index is 4.39. The van der Waals surface area contributed by atoms with Crippen LogP contribution in [-0.2, 0) is 13.0 Å². The Labute approximate surface area is 106 Å². The third-order valence-electron chi connectivity index (χ3n) is 3.50. The van der Waals surface area contributed by atoms with Crippen LogP contribution in [0.5, 0.6) is 0 Å². The second-order valence-electron chi connectivity index (χ2n) is 4.80. The standard InChI is InChI=1S/C14H27N3/c1-5-8-15-13(12(4)6-2)11-17-10-9-16-14(17)7-3/h9-10,12-13,15H,5-8,11H2,1-4H3. The van der Waals surface area contributed by atoms with Crippen molar-refractivity contribution in [2.45, 2.75) is 59.5 Å².